The quantitative estimate of drug-likeness (QED) is 0.742. The van der Waals surface area contributed by atoms with E-state index in [2.05, 4.69) is 33.0 Å². The van der Waals surface area contributed by atoms with Gasteiger partial charge >= 0.3 is 0 Å². The van der Waals surface area contributed by atoms with Crippen LogP contribution in [0.25, 0.3) is 0 Å². The van der Waals surface area contributed by atoms with Crippen LogP contribution in [0.3, 0.4) is 0 Å². The van der Waals surface area contributed by atoms with Crippen molar-refractivity contribution in [3.63, 3.8) is 0 Å². The molecule has 1 N–H and O–H groups in total. The van der Waals surface area contributed by atoms with E-state index >= 15 is 0 Å². The van der Waals surface area contributed by atoms with Gasteiger partial charge in [0.2, 0.25) is 15.9 Å². The molecule has 0 aromatic heterocycles. The summed E-state index contributed by atoms with van der Waals surface area (Å²) in [6.07, 6.45) is 0.851. The van der Waals surface area contributed by atoms with E-state index in [1.165, 1.54) is 4.31 Å². The Kier molecular flexibility index (Phi) is 7.19. The first-order valence-corrected chi connectivity index (χ1v) is 12.3. The van der Waals surface area contributed by atoms with Crippen LogP contribution in [-0.2, 0) is 26.7 Å². The lowest BCUT2D eigenvalue weighted by molar-refractivity contribution is -0.117. The zero-order chi connectivity index (χ0) is 22.6. The summed E-state index contributed by atoms with van der Waals surface area (Å²) in [5, 5.41) is 2.98. The van der Waals surface area contributed by atoms with Crippen LogP contribution in [0.15, 0.2) is 53.4 Å². The number of sulfonamides is 1. The molecule has 0 atom stereocenters. The van der Waals surface area contributed by atoms with Gasteiger partial charge in [-0.25, -0.2) is 8.42 Å². The van der Waals surface area contributed by atoms with Gasteiger partial charge in [-0.05, 0) is 41.2 Å². The highest BCUT2D eigenvalue weighted by Gasteiger charge is 2.29. The summed E-state index contributed by atoms with van der Waals surface area (Å²) < 4.78 is 27.5. The number of carbonyl (C=O) groups is 1. The van der Waals surface area contributed by atoms with Gasteiger partial charge in [-0.2, -0.15) is 4.31 Å². The second-order valence-electron chi connectivity index (χ2n) is 9.01. The highest BCUT2D eigenvalue weighted by atomic mass is 32.2. The van der Waals surface area contributed by atoms with Crippen molar-refractivity contribution in [1.82, 2.24) is 9.21 Å². The van der Waals surface area contributed by atoms with Gasteiger partial charge in [0.25, 0.3) is 0 Å². The Morgan fingerprint density at radius 1 is 0.968 bits per heavy atom. The number of nitrogens with one attached hydrogen (secondary N) is 1. The molecule has 3 rings (SSSR count). The van der Waals surface area contributed by atoms with Crippen LogP contribution in [0.1, 0.15) is 38.8 Å². The highest BCUT2D eigenvalue weighted by molar-refractivity contribution is 7.89. The Bertz CT molecular complexity index is 1000. The molecule has 1 heterocycles. The van der Waals surface area contributed by atoms with Crippen LogP contribution in [0, 0.1) is 0 Å². The predicted molar refractivity (Wildman–Crippen MR) is 125 cm³/mol. The maximum absolute atomic E-state index is 13.0. The molecule has 0 radical (unpaired) electrons. The third kappa shape index (κ3) is 5.73. The van der Waals surface area contributed by atoms with Crippen LogP contribution < -0.4 is 5.32 Å². The molecule has 6 nitrogen and oxygen atoms in total. The molecular formula is C24H33N3O3S. The second-order valence-corrected chi connectivity index (χ2v) is 11.0. The molecule has 0 spiro atoms. The number of para-hydroxylation sites is 1. The van der Waals surface area contributed by atoms with Gasteiger partial charge in [0.05, 0.1) is 11.4 Å². The van der Waals surface area contributed by atoms with E-state index in [1.807, 2.05) is 41.3 Å². The Morgan fingerprint density at radius 3 is 2.16 bits per heavy atom. The number of nitrogens with zero attached hydrogens (tertiary/aromatic N) is 2. The van der Waals surface area contributed by atoms with Crippen molar-refractivity contribution >= 4 is 21.6 Å². The fourth-order valence-corrected chi connectivity index (χ4v) is 5.17. The zero-order valence-electron chi connectivity index (χ0n) is 18.9. The van der Waals surface area contributed by atoms with Crippen LogP contribution in [0.2, 0.25) is 0 Å². The van der Waals surface area contributed by atoms with Gasteiger partial charge in [0, 0.05) is 31.9 Å². The van der Waals surface area contributed by atoms with Crippen LogP contribution in [-0.4, -0.2) is 56.3 Å². The Morgan fingerprint density at radius 2 is 1.58 bits per heavy atom. The SMILES string of the molecule is CCc1ccccc1NC(=O)CN1CCN(S(=O)(=O)c2ccc(C(C)(C)C)cc2)CC1. The lowest BCUT2D eigenvalue weighted by Crippen LogP contribution is -2.50. The Balaban J connectivity index is 1.56. The normalized spacial score (nSPS) is 16.3. The molecule has 0 bridgehead atoms. The smallest absolute Gasteiger partial charge is 0.243 e. The molecule has 1 fully saturated rings. The largest absolute Gasteiger partial charge is 0.325 e. The number of hydrogen-bond donors (Lipinski definition) is 1. The molecule has 0 aliphatic carbocycles. The molecular weight excluding hydrogens is 410 g/mol. The standard InChI is InChI=1S/C24H33N3O3S/c1-5-19-8-6-7-9-22(19)25-23(28)18-26-14-16-27(17-15-26)31(29,30)21-12-10-20(11-13-21)24(2,3)4/h6-13H,5,14-18H2,1-4H3,(H,25,28). The van der Waals surface area contributed by atoms with E-state index in [-0.39, 0.29) is 17.9 Å². The van der Waals surface area contributed by atoms with Crippen molar-refractivity contribution in [3.05, 3.63) is 59.7 Å². The van der Waals surface area contributed by atoms with Gasteiger partial charge in [-0.15, -0.1) is 0 Å². The molecule has 1 aliphatic heterocycles. The molecule has 7 heteroatoms. The summed E-state index contributed by atoms with van der Waals surface area (Å²) in [6, 6.07) is 15.0. The van der Waals surface area contributed by atoms with Gasteiger partial charge < -0.3 is 5.32 Å². The van der Waals surface area contributed by atoms with Crippen molar-refractivity contribution < 1.29 is 13.2 Å². The summed E-state index contributed by atoms with van der Waals surface area (Å²) in [5.41, 5.74) is 3.03. The first-order valence-electron chi connectivity index (χ1n) is 10.8. The maximum Gasteiger partial charge on any atom is 0.243 e. The predicted octanol–water partition coefficient (Wildman–Crippen LogP) is 3.49. The number of aryl methyl sites for hydroxylation is 1. The van der Waals surface area contributed by atoms with E-state index in [0.717, 1.165) is 23.2 Å². The third-order valence-corrected chi connectivity index (χ3v) is 7.64. The van der Waals surface area contributed by atoms with E-state index in [1.54, 1.807) is 12.1 Å². The number of rotatable bonds is 6. The first-order chi connectivity index (χ1) is 14.6. The van der Waals surface area contributed by atoms with E-state index in [4.69, 9.17) is 0 Å². The highest BCUT2D eigenvalue weighted by Crippen LogP contribution is 2.25. The minimum Gasteiger partial charge on any atom is -0.325 e. The van der Waals surface area contributed by atoms with Crippen LogP contribution >= 0.6 is 0 Å². The number of benzene rings is 2. The summed E-state index contributed by atoms with van der Waals surface area (Å²) in [6.45, 7) is 10.4. The molecule has 1 amide bonds. The Labute approximate surface area is 186 Å². The second kappa shape index (κ2) is 9.51. The first kappa shape index (κ1) is 23.4. The number of piperazine rings is 1. The lowest BCUT2D eigenvalue weighted by atomic mass is 9.87. The minimum atomic E-state index is -3.53. The molecule has 1 aliphatic rings. The molecule has 168 valence electrons. The monoisotopic (exact) mass is 443 g/mol. The Hall–Kier alpha value is -2.22. The summed E-state index contributed by atoms with van der Waals surface area (Å²) >= 11 is 0. The van der Waals surface area contributed by atoms with Crippen LogP contribution in [0.4, 0.5) is 5.69 Å². The molecule has 2 aromatic carbocycles. The average Bonchev–Trinajstić information content (AvgIpc) is 2.74. The van der Waals surface area contributed by atoms with E-state index in [0.29, 0.717) is 31.1 Å². The average molecular weight is 444 g/mol. The molecule has 2 aromatic rings. The van der Waals surface area contributed by atoms with Crippen molar-refractivity contribution in [2.75, 3.05) is 38.0 Å². The van der Waals surface area contributed by atoms with E-state index in [9.17, 15) is 13.2 Å². The molecule has 0 unspecified atom stereocenters. The summed E-state index contributed by atoms with van der Waals surface area (Å²) in [7, 11) is -3.53. The zero-order valence-corrected chi connectivity index (χ0v) is 19.7. The molecule has 31 heavy (non-hydrogen) atoms. The fraction of sp³-hybridized carbons (Fsp3) is 0.458. The molecule has 1 saturated heterocycles. The number of amides is 1. The van der Waals surface area contributed by atoms with Crippen molar-refractivity contribution in [3.8, 4) is 0 Å². The minimum absolute atomic E-state index is 0.0217. The molecule has 0 saturated carbocycles. The van der Waals surface area contributed by atoms with Crippen molar-refractivity contribution in [2.45, 2.75) is 44.4 Å². The number of anilines is 1. The number of carbonyl (C=O) groups excluding carboxylic acids is 1. The fourth-order valence-electron chi connectivity index (χ4n) is 3.75. The number of hydrogen-bond acceptors (Lipinski definition) is 4. The maximum atomic E-state index is 13.0. The van der Waals surface area contributed by atoms with Gasteiger partial charge in [-0.3, -0.25) is 9.69 Å². The van der Waals surface area contributed by atoms with Gasteiger partial charge in [0.1, 0.15) is 0 Å². The lowest BCUT2D eigenvalue weighted by Gasteiger charge is -2.33. The summed E-state index contributed by atoms with van der Waals surface area (Å²) in [5.74, 6) is -0.0741. The van der Waals surface area contributed by atoms with Crippen molar-refractivity contribution in [2.24, 2.45) is 0 Å². The topological polar surface area (TPSA) is 69.7 Å². The van der Waals surface area contributed by atoms with Gasteiger partial charge in [-0.1, -0.05) is 58.0 Å². The third-order valence-electron chi connectivity index (χ3n) is 5.73. The van der Waals surface area contributed by atoms with E-state index < -0.39 is 10.0 Å². The van der Waals surface area contributed by atoms with Crippen LogP contribution in [0.5, 0.6) is 0 Å². The van der Waals surface area contributed by atoms with Crippen molar-refractivity contribution in [1.29, 1.82) is 0 Å². The summed E-state index contributed by atoms with van der Waals surface area (Å²) in [4.78, 5) is 14.8. The van der Waals surface area contributed by atoms with Gasteiger partial charge in [0.15, 0.2) is 0 Å².